The van der Waals surface area contributed by atoms with Crippen LogP contribution in [0.5, 0.6) is 5.75 Å². The lowest BCUT2D eigenvalue weighted by Gasteiger charge is -2.40. The summed E-state index contributed by atoms with van der Waals surface area (Å²) in [4.78, 5) is 2.22. The van der Waals surface area contributed by atoms with E-state index in [9.17, 15) is 20.4 Å². The number of hydrogen-bond donors (Lipinski definition) is 4. The smallest absolute Gasteiger partial charge is 0.142 e. The Morgan fingerprint density at radius 3 is 2.34 bits per heavy atom. The van der Waals surface area contributed by atoms with Gasteiger partial charge in [-0.25, -0.2) is 0 Å². The maximum atomic E-state index is 10.5. The Labute approximate surface area is 188 Å². The molecule has 0 spiro atoms. The second kappa shape index (κ2) is 9.00. The van der Waals surface area contributed by atoms with Crippen LogP contribution in [-0.4, -0.2) is 64.6 Å². The van der Waals surface area contributed by atoms with Gasteiger partial charge in [0.25, 0.3) is 0 Å². The fraction of sp³-hybridized carbons (Fsp3) is 0.520. The van der Waals surface area contributed by atoms with E-state index < -0.39 is 37.1 Å². The summed E-state index contributed by atoms with van der Waals surface area (Å²) in [6, 6.07) is 14.1. The van der Waals surface area contributed by atoms with Crippen molar-refractivity contribution in [3.63, 3.8) is 0 Å². The molecule has 0 aliphatic carbocycles. The maximum absolute atomic E-state index is 10.5. The molecule has 2 heterocycles. The highest BCUT2D eigenvalue weighted by atomic mass is 16.5. The molecule has 0 unspecified atom stereocenters. The van der Waals surface area contributed by atoms with Crippen molar-refractivity contribution >= 4 is 5.69 Å². The lowest BCUT2D eigenvalue weighted by molar-refractivity contribution is -0.231. The molecule has 0 aromatic heterocycles. The molecule has 2 aromatic rings. The van der Waals surface area contributed by atoms with Gasteiger partial charge in [0.1, 0.15) is 42.9 Å². The monoisotopic (exact) mass is 443 g/mol. The molecule has 4 rings (SSSR count). The van der Waals surface area contributed by atoms with E-state index >= 15 is 0 Å². The van der Waals surface area contributed by atoms with E-state index in [1.54, 1.807) is 6.07 Å². The Balaban J connectivity index is 1.58. The Hall–Kier alpha value is -2.16. The zero-order valence-corrected chi connectivity index (χ0v) is 18.8. The van der Waals surface area contributed by atoms with Crippen molar-refractivity contribution in [3.05, 3.63) is 59.2 Å². The molecule has 7 heteroatoms. The molecule has 174 valence electrons. The minimum absolute atomic E-state index is 0.102. The number of ether oxygens (including phenoxy) is 2. The summed E-state index contributed by atoms with van der Waals surface area (Å²) in [6.45, 7) is 8.13. The number of benzene rings is 2. The fourth-order valence-corrected chi connectivity index (χ4v) is 4.34. The molecule has 1 fully saturated rings. The third-order valence-corrected chi connectivity index (χ3v) is 6.36. The molecule has 1 saturated heterocycles. The largest absolute Gasteiger partial charge is 0.490 e. The van der Waals surface area contributed by atoms with Crippen LogP contribution in [0.15, 0.2) is 42.5 Å². The molecular weight excluding hydrogens is 410 g/mol. The Morgan fingerprint density at radius 1 is 0.969 bits per heavy atom. The molecule has 4 N–H and O–H groups in total. The number of anilines is 1. The van der Waals surface area contributed by atoms with Crippen LogP contribution in [0.2, 0.25) is 0 Å². The van der Waals surface area contributed by atoms with E-state index in [1.165, 1.54) is 11.1 Å². The van der Waals surface area contributed by atoms with Gasteiger partial charge in [0.2, 0.25) is 0 Å². The zero-order chi connectivity index (χ0) is 23.0. The minimum atomic E-state index is -1.41. The predicted molar refractivity (Wildman–Crippen MR) is 121 cm³/mol. The van der Waals surface area contributed by atoms with Crippen molar-refractivity contribution in [1.29, 1.82) is 0 Å². The third-order valence-electron chi connectivity index (χ3n) is 6.36. The van der Waals surface area contributed by atoms with Crippen LogP contribution in [0.4, 0.5) is 5.69 Å². The number of hydrogen-bond acceptors (Lipinski definition) is 7. The van der Waals surface area contributed by atoms with Crippen molar-refractivity contribution in [2.75, 3.05) is 24.7 Å². The van der Waals surface area contributed by atoms with Crippen LogP contribution in [-0.2, 0) is 16.7 Å². The van der Waals surface area contributed by atoms with Crippen LogP contribution >= 0.6 is 0 Å². The van der Waals surface area contributed by atoms with E-state index in [2.05, 4.69) is 49.9 Å². The first-order valence-electron chi connectivity index (χ1n) is 11.1. The van der Waals surface area contributed by atoms with Crippen LogP contribution < -0.4 is 9.64 Å². The summed E-state index contributed by atoms with van der Waals surface area (Å²) in [5.74, 6) is 0.746. The summed E-state index contributed by atoms with van der Waals surface area (Å²) in [6.07, 6.45) is -5.90. The minimum Gasteiger partial charge on any atom is -0.490 e. The van der Waals surface area contributed by atoms with E-state index in [0.29, 0.717) is 25.3 Å². The molecule has 32 heavy (non-hydrogen) atoms. The van der Waals surface area contributed by atoms with E-state index in [4.69, 9.17) is 9.47 Å². The van der Waals surface area contributed by atoms with Gasteiger partial charge in [-0.1, -0.05) is 51.1 Å². The van der Waals surface area contributed by atoms with Gasteiger partial charge in [-0.05, 0) is 34.2 Å². The SMILES string of the molecule is CC(C)(C)c1ccc(CN2CCOc3ccc([C@@H]4O[C@H](CO)[C@@H](O)[C@H](O)[C@H]4O)cc32)cc1. The summed E-state index contributed by atoms with van der Waals surface area (Å²) in [5.41, 5.74) is 4.10. The van der Waals surface area contributed by atoms with Crippen LogP contribution in [0.25, 0.3) is 0 Å². The van der Waals surface area contributed by atoms with E-state index in [0.717, 1.165) is 11.4 Å². The first kappa shape index (κ1) is 23.0. The number of rotatable bonds is 4. The molecule has 0 bridgehead atoms. The highest BCUT2D eigenvalue weighted by molar-refractivity contribution is 5.62. The first-order chi connectivity index (χ1) is 15.2. The zero-order valence-electron chi connectivity index (χ0n) is 18.8. The molecule has 2 aliphatic rings. The van der Waals surface area contributed by atoms with Crippen molar-refractivity contribution < 1.29 is 29.9 Å². The highest BCUT2D eigenvalue weighted by Crippen LogP contribution is 2.39. The van der Waals surface area contributed by atoms with Gasteiger partial charge in [-0.3, -0.25) is 0 Å². The second-order valence-corrected chi connectivity index (χ2v) is 9.69. The Bertz CT molecular complexity index is 923. The van der Waals surface area contributed by atoms with Crippen molar-refractivity contribution in [3.8, 4) is 5.75 Å². The second-order valence-electron chi connectivity index (χ2n) is 9.69. The molecule has 0 saturated carbocycles. The lowest BCUT2D eigenvalue weighted by atomic mass is 9.86. The number of aliphatic hydroxyl groups is 4. The predicted octanol–water partition coefficient (Wildman–Crippen LogP) is 1.90. The summed E-state index contributed by atoms with van der Waals surface area (Å²) >= 11 is 0. The molecular formula is C25H33NO6. The molecule has 0 amide bonds. The van der Waals surface area contributed by atoms with Gasteiger partial charge in [-0.2, -0.15) is 0 Å². The standard InChI is InChI=1S/C25H33NO6/c1-25(2,3)17-7-4-15(5-8-17)13-26-10-11-31-19-9-6-16(12-18(19)26)24-23(30)22(29)21(28)20(14-27)32-24/h4-9,12,20-24,27-30H,10-11,13-14H2,1-3H3/t20-,21-,22+,23-,24+/m1/s1. The quantitative estimate of drug-likeness (QED) is 0.572. The number of fused-ring (bicyclic) bond motifs is 1. The Morgan fingerprint density at radius 2 is 1.69 bits per heavy atom. The van der Waals surface area contributed by atoms with Crippen LogP contribution in [0.1, 0.15) is 43.6 Å². The highest BCUT2D eigenvalue weighted by Gasteiger charge is 2.44. The normalized spacial score (nSPS) is 28.2. The average Bonchev–Trinajstić information content (AvgIpc) is 2.77. The average molecular weight is 444 g/mol. The van der Waals surface area contributed by atoms with E-state index in [-0.39, 0.29) is 5.41 Å². The van der Waals surface area contributed by atoms with Crippen molar-refractivity contribution in [1.82, 2.24) is 0 Å². The summed E-state index contributed by atoms with van der Waals surface area (Å²) < 4.78 is 11.6. The maximum Gasteiger partial charge on any atom is 0.142 e. The van der Waals surface area contributed by atoms with Gasteiger partial charge >= 0.3 is 0 Å². The van der Waals surface area contributed by atoms with Crippen LogP contribution in [0, 0.1) is 0 Å². The molecule has 5 atom stereocenters. The fourth-order valence-electron chi connectivity index (χ4n) is 4.34. The summed E-state index contributed by atoms with van der Waals surface area (Å²) in [5, 5.41) is 40.2. The molecule has 2 aromatic carbocycles. The molecule has 0 radical (unpaired) electrons. The van der Waals surface area contributed by atoms with Gasteiger partial charge in [0, 0.05) is 6.54 Å². The number of aliphatic hydroxyl groups excluding tert-OH is 4. The van der Waals surface area contributed by atoms with Gasteiger partial charge in [0.05, 0.1) is 18.8 Å². The van der Waals surface area contributed by atoms with Gasteiger partial charge < -0.3 is 34.8 Å². The van der Waals surface area contributed by atoms with Crippen molar-refractivity contribution in [2.24, 2.45) is 0 Å². The third kappa shape index (κ3) is 4.49. The molecule has 7 nitrogen and oxygen atoms in total. The topological polar surface area (TPSA) is 103 Å². The first-order valence-corrected chi connectivity index (χ1v) is 11.1. The van der Waals surface area contributed by atoms with E-state index in [1.807, 2.05) is 12.1 Å². The molecule has 2 aliphatic heterocycles. The van der Waals surface area contributed by atoms with Gasteiger partial charge in [0.15, 0.2) is 0 Å². The van der Waals surface area contributed by atoms with Crippen molar-refractivity contribution in [2.45, 2.75) is 63.3 Å². The summed E-state index contributed by atoms with van der Waals surface area (Å²) in [7, 11) is 0. The van der Waals surface area contributed by atoms with Gasteiger partial charge in [-0.15, -0.1) is 0 Å². The van der Waals surface area contributed by atoms with Crippen LogP contribution in [0.3, 0.4) is 0 Å². The number of nitrogens with zero attached hydrogens (tertiary/aromatic N) is 1. The lowest BCUT2D eigenvalue weighted by Crippen LogP contribution is -2.55. The Kier molecular flexibility index (Phi) is 6.47.